The minimum atomic E-state index is 0.623. The summed E-state index contributed by atoms with van der Waals surface area (Å²) in [5, 5.41) is 2.97. The van der Waals surface area contributed by atoms with Crippen LogP contribution in [0.1, 0.15) is 0 Å². The van der Waals surface area contributed by atoms with Gasteiger partial charge < -0.3 is 4.98 Å². The molecule has 0 radical (unpaired) electrons. The Morgan fingerprint density at radius 2 is 1.50 bits per heavy atom. The molecule has 4 heteroatoms. The summed E-state index contributed by atoms with van der Waals surface area (Å²) in [6.07, 6.45) is 0. The number of halogens is 3. The van der Waals surface area contributed by atoms with E-state index in [1.54, 1.807) is 6.07 Å². The highest BCUT2D eigenvalue weighted by molar-refractivity contribution is 6.38. The van der Waals surface area contributed by atoms with Crippen LogP contribution < -0.4 is 0 Å². The first-order valence-electron chi connectivity index (χ1n) is 5.37. The van der Waals surface area contributed by atoms with Crippen LogP contribution in [0.3, 0.4) is 0 Å². The van der Waals surface area contributed by atoms with Crippen LogP contribution >= 0.6 is 34.8 Å². The van der Waals surface area contributed by atoms with Gasteiger partial charge in [0.25, 0.3) is 0 Å². The smallest absolute Gasteiger partial charge is 0.0661 e. The van der Waals surface area contributed by atoms with Crippen molar-refractivity contribution >= 4 is 45.7 Å². The zero-order valence-electron chi connectivity index (χ0n) is 9.18. The van der Waals surface area contributed by atoms with Crippen molar-refractivity contribution < 1.29 is 0 Å². The van der Waals surface area contributed by atoms with Crippen molar-refractivity contribution in [3.63, 3.8) is 0 Å². The molecular weight excluding hydrogens is 289 g/mol. The fourth-order valence-electron chi connectivity index (χ4n) is 1.95. The number of benzene rings is 2. The molecule has 0 saturated carbocycles. The molecule has 1 nitrogen and oxygen atoms in total. The van der Waals surface area contributed by atoms with Gasteiger partial charge in [-0.15, -0.1) is 0 Å². The third-order valence-electron chi connectivity index (χ3n) is 2.80. The molecular formula is C14H8Cl3N. The molecule has 90 valence electrons. The van der Waals surface area contributed by atoms with Gasteiger partial charge in [0.1, 0.15) is 0 Å². The van der Waals surface area contributed by atoms with Gasteiger partial charge in [-0.3, -0.25) is 0 Å². The van der Waals surface area contributed by atoms with Crippen LogP contribution in [0.2, 0.25) is 15.1 Å². The fraction of sp³-hybridized carbons (Fsp3) is 0. The monoisotopic (exact) mass is 295 g/mol. The molecule has 0 fully saturated rings. The van der Waals surface area contributed by atoms with Crippen molar-refractivity contribution in [3.05, 3.63) is 57.5 Å². The van der Waals surface area contributed by atoms with E-state index in [1.165, 1.54) is 0 Å². The average Bonchev–Trinajstić information content (AvgIpc) is 2.74. The minimum absolute atomic E-state index is 0.623. The maximum Gasteiger partial charge on any atom is 0.0661 e. The molecule has 0 spiro atoms. The molecule has 0 aliphatic heterocycles. The number of H-pyrrole nitrogens is 1. The number of hydrogen-bond donors (Lipinski definition) is 1. The zero-order valence-corrected chi connectivity index (χ0v) is 11.4. The van der Waals surface area contributed by atoms with Crippen LogP contribution in [-0.4, -0.2) is 4.98 Å². The van der Waals surface area contributed by atoms with Gasteiger partial charge in [0, 0.05) is 21.1 Å². The number of rotatable bonds is 1. The second-order valence-corrected chi connectivity index (χ2v) is 5.32. The summed E-state index contributed by atoms with van der Waals surface area (Å²) < 4.78 is 0. The average molecular weight is 297 g/mol. The van der Waals surface area contributed by atoms with Gasteiger partial charge >= 0.3 is 0 Å². The number of aromatic nitrogens is 1. The second-order valence-electron chi connectivity index (χ2n) is 4.04. The summed E-state index contributed by atoms with van der Waals surface area (Å²) in [4.78, 5) is 3.29. The van der Waals surface area contributed by atoms with Crippen molar-refractivity contribution in [1.29, 1.82) is 0 Å². The van der Waals surface area contributed by atoms with E-state index in [1.807, 2.05) is 36.4 Å². The van der Waals surface area contributed by atoms with E-state index < -0.39 is 0 Å². The molecule has 1 N–H and O–H groups in total. The Morgan fingerprint density at radius 1 is 0.778 bits per heavy atom. The molecule has 0 aliphatic carbocycles. The summed E-state index contributed by atoms with van der Waals surface area (Å²) in [6.45, 7) is 0. The summed E-state index contributed by atoms with van der Waals surface area (Å²) >= 11 is 18.0. The van der Waals surface area contributed by atoms with Crippen LogP contribution in [0.15, 0.2) is 42.5 Å². The molecule has 0 amide bonds. The van der Waals surface area contributed by atoms with Crippen LogP contribution in [0.4, 0.5) is 0 Å². The molecule has 0 unspecified atom stereocenters. The van der Waals surface area contributed by atoms with Gasteiger partial charge in [-0.05, 0) is 35.9 Å². The van der Waals surface area contributed by atoms with Gasteiger partial charge in [-0.1, -0.05) is 46.9 Å². The predicted octanol–water partition coefficient (Wildman–Crippen LogP) is 5.80. The van der Waals surface area contributed by atoms with Crippen LogP contribution in [-0.2, 0) is 0 Å². The standard InChI is InChI=1S/C14H8Cl3N/c15-10-3-1-8(2-4-10)13-6-9-5-11(16)7-12(17)14(9)18-13/h1-7,18H. The lowest BCUT2D eigenvalue weighted by Crippen LogP contribution is -1.76. The topological polar surface area (TPSA) is 15.8 Å². The van der Waals surface area contributed by atoms with Gasteiger partial charge in [0.05, 0.1) is 10.5 Å². The van der Waals surface area contributed by atoms with Gasteiger partial charge in [-0.2, -0.15) is 0 Å². The Bertz CT molecular complexity index is 714. The first-order valence-corrected chi connectivity index (χ1v) is 6.50. The molecule has 1 aromatic heterocycles. The molecule has 0 atom stereocenters. The number of aromatic amines is 1. The first-order chi connectivity index (χ1) is 8.63. The lowest BCUT2D eigenvalue weighted by Gasteiger charge is -1.97. The van der Waals surface area contributed by atoms with E-state index in [9.17, 15) is 0 Å². The Balaban J connectivity index is 2.19. The van der Waals surface area contributed by atoms with E-state index in [0.29, 0.717) is 10.0 Å². The highest BCUT2D eigenvalue weighted by atomic mass is 35.5. The Labute approximate surface area is 119 Å². The largest absolute Gasteiger partial charge is 0.353 e. The molecule has 1 heterocycles. The number of fused-ring (bicyclic) bond motifs is 1. The summed E-state index contributed by atoms with van der Waals surface area (Å²) in [6, 6.07) is 13.3. The zero-order chi connectivity index (χ0) is 12.7. The molecule has 3 aromatic rings. The maximum absolute atomic E-state index is 6.15. The quantitative estimate of drug-likeness (QED) is 0.584. The van der Waals surface area contributed by atoms with Gasteiger partial charge in [0.2, 0.25) is 0 Å². The Hall–Kier alpha value is -1.15. The molecule has 2 aromatic carbocycles. The van der Waals surface area contributed by atoms with Crippen LogP contribution in [0.5, 0.6) is 0 Å². The summed E-state index contributed by atoms with van der Waals surface area (Å²) in [7, 11) is 0. The number of hydrogen-bond acceptors (Lipinski definition) is 0. The minimum Gasteiger partial charge on any atom is -0.353 e. The highest BCUT2D eigenvalue weighted by Crippen LogP contribution is 2.31. The molecule has 0 aliphatic rings. The lowest BCUT2D eigenvalue weighted by molar-refractivity contribution is 1.45. The predicted molar refractivity (Wildman–Crippen MR) is 78.8 cm³/mol. The molecule has 3 rings (SSSR count). The van der Waals surface area contributed by atoms with E-state index in [4.69, 9.17) is 34.8 Å². The van der Waals surface area contributed by atoms with Crippen molar-refractivity contribution in [2.75, 3.05) is 0 Å². The van der Waals surface area contributed by atoms with E-state index in [-0.39, 0.29) is 0 Å². The van der Waals surface area contributed by atoms with Crippen molar-refractivity contribution in [2.24, 2.45) is 0 Å². The van der Waals surface area contributed by atoms with E-state index in [0.717, 1.165) is 27.2 Å². The van der Waals surface area contributed by atoms with E-state index >= 15 is 0 Å². The third-order valence-corrected chi connectivity index (χ3v) is 3.57. The Kier molecular flexibility index (Phi) is 2.98. The van der Waals surface area contributed by atoms with E-state index in [2.05, 4.69) is 4.98 Å². The highest BCUT2D eigenvalue weighted by Gasteiger charge is 2.07. The SMILES string of the molecule is Clc1ccc(-c2cc3cc(Cl)cc(Cl)c3[nH]2)cc1. The second kappa shape index (κ2) is 4.51. The number of nitrogens with one attached hydrogen (secondary N) is 1. The van der Waals surface area contributed by atoms with Gasteiger partial charge in [-0.25, -0.2) is 0 Å². The third kappa shape index (κ3) is 2.10. The molecule has 18 heavy (non-hydrogen) atoms. The van der Waals surface area contributed by atoms with Crippen molar-refractivity contribution in [1.82, 2.24) is 4.98 Å². The van der Waals surface area contributed by atoms with Crippen molar-refractivity contribution in [3.8, 4) is 11.3 Å². The van der Waals surface area contributed by atoms with Crippen LogP contribution in [0.25, 0.3) is 22.2 Å². The fourth-order valence-corrected chi connectivity index (χ4v) is 2.63. The first kappa shape index (κ1) is 11.9. The normalized spacial score (nSPS) is 11.1. The summed E-state index contributed by atoms with van der Waals surface area (Å²) in [5.74, 6) is 0. The molecule has 0 bridgehead atoms. The molecule has 0 saturated heterocycles. The maximum atomic E-state index is 6.15. The van der Waals surface area contributed by atoms with Crippen LogP contribution in [0, 0.1) is 0 Å². The lowest BCUT2D eigenvalue weighted by atomic mass is 10.1. The summed E-state index contributed by atoms with van der Waals surface area (Å²) in [5.41, 5.74) is 2.94. The van der Waals surface area contributed by atoms with Crippen molar-refractivity contribution in [2.45, 2.75) is 0 Å². The van der Waals surface area contributed by atoms with Gasteiger partial charge in [0.15, 0.2) is 0 Å². The Morgan fingerprint density at radius 3 is 2.22 bits per heavy atom.